The van der Waals surface area contributed by atoms with Gasteiger partial charge in [0.05, 0.1) is 23.0 Å². The lowest BCUT2D eigenvalue weighted by Crippen LogP contribution is -2.36. The number of benzene rings is 1. The van der Waals surface area contributed by atoms with E-state index in [4.69, 9.17) is 9.72 Å². The summed E-state index contributed by atoms with van der Waals surface area (Å²) in [5.41, 5.74) is 2.88. The van der Waals surface area contributed by atoms with Crippen LogP contribution in [0.15, 0.2) is 36.7 Å². The number of thiazole rings is 1. The van der Waals surface area contributed by atoms with Crippen molar-refractivity contribution in [3.05, 3.63) is 47.9 Å². The molecule has 4 rings (SSSR count). The predicted molar refractivity (Wildman–Crippen MR) is 111 cm³/mol. The molecule has 0 amide bonds. The lowest BCUT2D eigenvalue weighted by atomic mass is 10.0. The van der Waals surface area contributed by atoms with Crippen LogP contribution in [-0.2, 0) is 22.4 Å². The van der Waals surface area contributed by atoms with Crippen LogP contribution in [0.5, 0.6) is 0 Å². The van der Waals surface area contributed by atoms with Gasteiger partial charge in [-0.1, -0.05) is 41.7 Å². The molecule has 1 fully saturated rings. The predicted octanol–water partition coefficient (Wildman–Crippen LogP) is 3.45. The molecule has 1 aromatic carbocycles. The van der Waals surface area contributed by atoms with Crippen molar-refractivity contribution in [1.29, 1.82) is 0 Å². The van der Waals surface area contributed by atoms with E-state index in [1.807, 2.05) is 18.2 Å². The van der Waals surface area contributed by atoms with Gasteiger partial charge in [0.2, 0.25) is 0 Å². The number of methoxy groups -OCH3 is 1. The number of hydrogen-bond donors (Lipinski definition) is 0. The molecule has 1 aliphatic rings. The summed E-state index contributed by atoms with van der Waals surface area (Å²) in [5, 5.41) is 0.879. The van der Waals surface area contributed by atoms with Crippen molar-refractivity contribution in [1.82, 2.24) is 15.0 Å². The summed E-state index contributed by atoms with van der Waals surface area (Å²) in [7, 11) is 1.69. The van der Waals surface area contributed by atoms with Gasteiger partial charge in [0.1, 0.15) is 6.33 Å². The van der Waals surface area contributed by atoms with E-state index in [9.17, 15) is 4.79 Å². The van der Waals surface area contributed by atoms with Gasteiger partial charge in [0.25, 0.3) is 0 Å². The van der Waals surface area contributed by atoms with Crippen molar-refractivity contribution in [3.63, 3.8) is 0 Å². The Bertz CT molecular complexity index is 944. The fourth-order valence-electron chi connectivity index (χ4n) is 3.70. The number of Topliss-reactive ketones (excluding diaryl/α,β-unsaturated/α-hetero) is 1. The maximum absolute atomic E-state index is 12.9. The number of nitrogens with zero attached hydrogens (tertiary/aromatic N) is 4. The second kappa shape index (κ2) is 8.75. The van der Waals surface area contributed by atoms with Gasteiger partial charge in [0.15, 0.2) is 16.6 Å². The number of fused-ring (bicyclic) bond motifs is 1. The first-order chi connectivity index (χ1) is 13.8. The molecule has 0 N–H and O–H groups in total. The Morgan fingerprint density at radius 2 is 2.11 bits per heavy atom. The Morgan fingerprint density at radius 3 is 2.93 bits per heavy atom. The van der Waals surface area contributed by atoms with Crippen molar-refractivity contribution >= 4 is 32.6 Å². The number of aromatic nitrogens is 3. The Labute approximate surface area is 168 Å². The number of carbonyl (C=O) groups is 1. The maximum Gasteiger partial charge on any atom is 0.188 e. The molecule has 1 saturated heterocycles. The van der Waals surface area contributed by atoms with Gasteiger partial charge >= 0.3 is 0 Å². The highest BCUT2D eigenvalue weighted by atomic mass is 32.1. The molecule has 0 bridgehead atoms. The van der Waals surface area contributed by atoms with Crippen LogP contribution < -0.4 is 4.90 Å². The molecule has 1 aliphatic heterocycles. The Balaban J connectivity index is 1.50. The SMILES string of the molecule is COCCc1ncnc2nc(N3CCC[C@@H]3C(=O)CCc3ccccc3)sc12. The molecule has 0 spiro atoms. The molecular formula is C21H24N4O2S. The number of hydrogen-bond acceptors (Lipinski definition) is 7. The van der Waals surface area contributed by atoms with E-state index in [0.717, 1.165) is 47.8 Å². The zero-order valence-electron chi connectivity index (χ0n) is 16.0. The van der Waals surface area contributed by atoms with Crippen LogP contribution in [0.1, 0.15) is 30.5 Å². The van der Waals surface area contributed by atoms with Crippen molar-refractivity contribution in [2.75, 3.05) is 25.2 Å². The molecule has 7 heteroatoms. The summed E-state index contributed by atoms with van der Waals surface area (Å²) < 4.78 is 6.18. The van der Waals surface area contributed by atoms with Gasteiger partial charge in [-0.3, -0.25) is 4.79 Å². The molecule has 0 radical (unpaired) electrons. The van der Waals surface area contributed by atoms with Crippen LogP contribution in [0, 0.1) is 0 Å². The third-order valence-corrected chi connectivity index (χ3v) is 6.30. The first kappa shape index (κ1) is 19.0. The van der Waals surface area contributed by atoms with E-state index >= 15 is 0 Å². The van der Waals surface area contributed by atoms with Gasteiger partial charge < -0.3 is 9.64 Å². The molecule has 28 heavy (non-hydrogen) atoms. The fourth-order valence-corrected chi connectivity index (χ4v) is 4.81. The van der Waals surface area contributed by atoms with Gasteiger partial charge in [-0.15, -0.1) is 0 Å². The summed E-state index contributed by atoms with van der Waals surface area (Å²) in [6.07, 6.45) is 5.55. The fraction of sp³-hybridized carbons (Fsp3) is 0.429. The van der Waals surface area contributed by atoms with E-state index in [-0.39, 0.29) is 6.04 Å². The van der Waals surface area contributed by atoms with Crippen molar-refractivity contribution in [2.45, 2.75) is 38.1 Å². The first-order valence-electron chi connectivity index (χ1n) is 9.69. The second-order valence-corrected chi connectivity index (χ2v) is 7.99. The van der Waals surface area contributed by atoms with Crippen molar-refractivity contribution < 1.29 is 9.53 Å². The van der Waals surface area contributed by atoms with E-state index in [2.05, 4.69) is 27.0 Å². The zero-order chi connectivity index (χ0) is 19.3. The molecule has 2 aromatic heterocycles. The van der Waals surface area contributed by atoms with Crippen LogP contribution in [0.25, 0.3) is 10.3 Å². The smallest absolute Gasteiger partial charge is 0.188 e. The van der Waals surface area contributed by atoms with Gasteiger partial charge in [-0.05, 0) is 24.8 Å². The van der Waals surface area contributed by atoms with Crippen molar-refractivity contribution in [3.8, 4) is 0 Å². The first-order valence-corrected chi connectivity index (χ1v) is 10.5. The minimum Gasteiger partial charge on any atom is -0.384 e. The van der Waals surface area contributed by atoms with Crippen molar-refractivity contribution in [2.24, 2.45) is 0 Å². The summed E-state index contributed by atoms with van der Waals surface area (Å²) in [6, 6.07) is 10.1. The highest BCUT2D eigenvalue weighted by Crippen LogP contribution is 2.34. The van der Waals surface area contributed by atoms with E-state index in [1.54, 1.807) is 24.8 Å². The average molecular weight is 397 g/mol. The molecular weight excluding hydrogens is 372 g/mol. The third kappa shape index (κ3) is 4.05. The lowest BCUT2D eigenvalue weighted by molar-refractivity contribution is -0.120. The molecule has 3 heterocycles. The molecule has 1 atom stereocenters. The summed E-state index contributed by atoms with van der Waals surface area (Å²) in [6.45, 7) is 1.48. The average Bonchev–Trinajstić information content (AvgIpc) is 3.38. The molecule has 0 unspecified atom stereocenters. The largest absolute Gasteiger partial charge is 0.384 e. The second-order valence-electron chi connectivity index (χ2n) is 7.02. The van der Waals surface area contributed by atoms with Crippen LogP contribution in [-0.4, -0.2) is 47.0 Å². The molecule has 146 valence electrons. The van der Waals surface area contributed by atoms with Crippen LogP contribution >= 0.6 is 11.3 Å². The van der Waals surface area contributed by atoms with E-state index < -0.39 is 0 Å². The van der Waals surface area contributed by atoms with Crippen LogP contribution in [0.4, 0.5) is 5.13 Å². The normalized spacial score (nSPS) is 16.8. The highest BCUT2D eigenvalue weighted by Gasteiger charge is 2.32. The number of aryl methyl sites for hydroxylation is 1. The minimum atomic E-state index is -0.0836. The molecule has 0 saturated carbocycles. The minimum absolute atomic E-state index is 0.0836. The standard InChI is InChI=1S/C21H24N4O2S/c1-27-13-11-16-19-20(23-14-22-16)24-21(28-19)25-12-5-8-17(25)18(26)10-9-15-6-3-2-4-7-15/h2-4,6-7,14,17H,5,8-13H2,1H3/t17-/m1/s1. The van der Waals surface area contributed by atoms with Gasteiger partial charge in [0, 0.05) is 26.5 Å². The topological polar surface area (TPSA) is 68.2 Å². The Hall–Kier alpha value is -2.38. The summed E-state index contributed by atoms with van der Waals surface area (Å²) in [5.74, 6) is 0.297. The number of ether oxygens (including phenoxy) is 1. The number of ketones is 1. The Morgan fingerprint density at radius 1 is 1.25 bits per heavy atom. The highest BCUT2D eigenvalue weighted by molar-refractivity contribution is 7.22. The number of carbonyl (C=O) groups excluding carboxylic acids is 1. The van der Waals surface area contributed by atoms with E-state index in [0.29, 0.717) is 24.5 Å². The summed E-state index contributed by atoms with van der Waals surface area (Å²) >= 11 is 1.59. The van der Waals surface area contributed by atoms with E-state index in [1.165, 1.54) is 5.56 Å². The third-order valence-electron chi connectivity index (χ3n) is 5.17. The molecule has 6 nitrogen and oxygen atoms in total. The monoisotopic (exact) mass is 396 g/mol. The van der Waals surface area contributed by atoms with Crippen LogP contribution in [0.2, 0.25) is 0 Å². The lowest BCUT2D eigenvalue weighted by Gasteiger charge is -2.22. The number of rotatable bonds is 8. The zero-order valence-corrected chi connectivity index (χ0v) is 16.8. The maximum atomic E-state index is 12.9. The molecule has 3 aromatic rings. The number of anilines is 1. The summed E-state index contributed by atoms with van der Waals surface area (Å²) in [4.78, 5) is 28.5. The molecule has 0 aliphatic carbocycles. The van der Waals surface area contributed by atoms with Crippen LogP contribution in [0.3, 0.4) is 0 Å². The van der Waals surface area contributed by atoms with Gasteiger partial charge in [-0.25, -0.2) is 9.97 Å². The Kier molecular flexibility index (Phi) is 5.92. The van der Waals surface area contributed by atoms with Gasteiger partial charge in [-0.2, -0.15) is 4.98 Å². The quantitative estimate of drug-likeness (QED) is 0.581.